The van der Waals surface area contributed by atoms with Gasteiger partial charge in [-0.05, 0) is 24.3 Å². The predicted octanol–water partition coefficient (Wildman–Crippen LogP) is 3.61. The summed E-state index contributed by atoms with van der Waals surface area (Å²) < 4.78 is 27.6. The minimum Gasteiger partial charge on any atom is -0.389 e. The summed E-state index contributed by atoms with van der Waals surface area (Å²) in [5.41, 5.74) is 5.71. The topological polar surface area (TPSA) is 55.1 Å². The van der Waals surface area contributed by atoms with E-state index >= 15 is 0 Å². The monoisotopic (exact) mass is 370 g/mol. The summed E-state index contributed by atoms with van der Waals surface area (Å²) in [6, 6.07) is 8.41. The van der Waals surface area contributed by atoms with Crippen LogP contribution >= 0.6 is 28.1 Å². The molecule has 0 aliphatic heterocycles. The van der Waals surface area contributed by atoms with Crippen molar-refractivity contribution in [1.82, 2.24) is 0 Å². The molecule has 0 aromatic heterocycles. The minimum absolute atomic E-state index is 0.159. The first kappa shape index (κ1) is 15.5. The van der Waals surface area contributed by atoms with Crippen LogP contribution in [-0.4, -0.2) is 10.9 Å². The Kier molecular flexibility index (Phi) is 4.64. The fourth-order valence-corrected chi connectivity index (χ4v) is 2.23. The fourth-order valence-electron chi connectivity index (χ4n) is 1.70. The molecule has 1 amide bonds. The Balaban J connectivity index is 2.30. The summed E-state index contributed by atoms with van der Waals surface area (Å²) in [7, 11) is 0. The highest BCUT2D eigenvalue weighted by molar-refractivity contribution is 9.10. The second kappa shape index (κ2) is 6.28. The number of thiocarbonyl (C=S) groups is 1. The summed E-state index contributed by atoms with van der Waals surface area (Å²) in [5.74, 6) is -2.80. The van der Waals surface area contributed by atoms with Gasteiger partial charge in [0.25, 0.3) is 5.91 Å². The maximum absolute atomic E-state index is 13.7. The number of anilines is 1. The van der Waals surface area contributed by atoms with E-state index in [4.69, 9.17) is 18.0 Å². The van der Waals surface area contributed by atoms with Gasteiger partial charge in [-0.15, -0.1) is 0 Å². The van der Waals surface area contributed by atoms with Crippen molar-refractivity contribution >= 4 is 44.7 Å². The number of carbonyl (C=O) groups is 1. The molecule has 0 aliphatic rings. The molecule has 0 radical (unpaired) electrons. The van der Waals surface area contributed by atoms with Gasteiger partial charge in [0.15, 0.2) is 0 Å². The number of nitrogens with two attached hydrogens (primary N) is 1. The Morgan fingerprint density at radius 2 is 1.81 bits per heavy atom. The lowest BCUT2D eigenvalue weighted by atomic mass is 10.1. The highest BCUT2D eigenvalue weighted by Gasteiger charge is 2.18. The zero-order valence-corrected chi connectivity index (χ0v) is 12.9. The molecule has 0 heterocycles. The van der Waals surface area contributed by atoms with Crippen LogP contribution in [0.3, 0.4) is 0 Å². The molecule has 3 nitrogen and oxygen atoms in total. The molecule has 21 heavy (non-hydrogen) atoms. The third-order valence-electron chi connectivity index (χ3n) is 2.64. The Labute approximate surface area is 133 Å². The number of amides is 1. The van der Waals surface area contributed by atoms with Crippen molar-refractivity contribution in [3.05, 3.63) is 63.6 Å². The van der Waals surface area contributed by atoms with Crippen molar-refractivity contribution < 1.29 is 13.6 Å². The Morgan fingerprint density at radius 1 is 1.19 bits per heavy atom. The van der Waals surface area contributed by atoms with Crippen LogP contribution in [-0.2, 0) is 0 Å². The van der Waals surface area contributed by atoms with Crippen LogP contribution < -0.4 is 11.1 Å². The number of hydrogen-bond acceptors (Lipinski definition) is 2. The zero-order chi connectivity index (χ0) is 15.6. The summed E-state index contributed by atoms with van der Waals surface area (Å²) in [5, 5.41) is 2.41. The van der Waals surface area contributed by atoms with Crippen molar-refractivity contribution in [2.45, 2.75) is 0 Å². The molecular weight excluding hydrogens is 362 g/mol. The van der Waals surface area contributed by atoms with Crippen LogP contribution in [0.1, 0.15) is 15.9 Å². The number of halogens is 3. The van der Waals surface area contributed by atoms with E-state index in [1.165, 1.54) is 6.07 Å². The number of rotatable bonds is 3. The molecule has 0 atom stereocenters. The van der Waals surface area contributed by atoms with Gasteiger partial charge in [-0.25, -0.2) is 8.78 Å². The van der Waals surface area contributed by atoms with Crippen molar-refractivity contribution in [3.63, 3.8) is 0 Å². The van der Waals surface area contributed by atoms with E-state index < -0.39 is 23.1 Å². The summed E-state index contributed by atoms with van der Waals surface area (Å²) in [6.45, 7) is 0. The van der Waals surface area contributed by atoms with Gasteiger partial charge in [-0.3, -0.25) is 4.79 Å². The number of nitrogens with one attached hydrogen (secondary N) is 1. The van der Waals surface area contributed by atoms with E-state index in [1.54, 1.807) is 18.2 Å². The SMILES string of the molecule is NC(=S)c1cccc(NC(=O)c2c(F)cc(Br)cc2F)c1. The van der Waals surface area contributed by atoms with Crippen LogP contribution in [0, 0.1) is 11.6 Å². The Hall–Kier alpha value is -1.86. The molecule has 0 spiro atoms. The zero-order valence-electron chi connectivity index (χ0n) is 10.5. The average Bonchev–Trinajstić information content (AvgIpc) is 2.37. The molecule has 7 heteroatoms. The lowest BCUT2D eigenvalue weighted by Gasteiger charge is -2.09. The first-order valence-electron chi connectivity index (χ1n) is 5.74. The van der Waals surface area contributed by atoms with Gasteiger partial charge in [-0.1, -0.05) is 40.3 Å². The van der Waals surface area contributed by atoms with Gasteiger partial charge >= 0.3 is 0 Å². The summed E-state index contributed by atoms with van der Waals surface area (Å²) in [4.78, 5) is 12.1. The molecule has 2 rings (SSSR count). The molecule has 2 aromatic carbocycles. The molecule has 3 N–H and O–H groups in total. The van der Waals surface area contributed by atoms with Crippen LogP contribution in [0.4, 0.5) is 14.5 Å². The maximum Gasteiger partial charge on any atom is 0.261 e. The van der Waals surface area contributed by atoms with E-state index in [0.717, 1.165) is 12.1 Å². The molecular formula is C14H9BrF2N2OS. The minimum atomic E-state index is -0.954. The first-order chi connectivity index (χ1) is 9.88. The largest absolute Gasteiger partial charge is 0.389 e. The van der Waals surface area contributed by atoms with Gasteiger partial charge in [0.2, 0.25) is 0 Å². The van der Waals surface area contributed by atoms with Crippen LogP contribution in [0.15, 0.2) is 40.9 Å². The molecule has 0 saturated heterocycles. The number of hydrogen-bond donors (Lipinski definition) is 2. The van der Waals surface area contributed by atoms with E-state index in [0.29, 0.717) is 11.3 Å². The van der Waals surface area contributed by atoms with Crippen LogP contribution in [0.5, 0.6) is 0 Å². The van der Waals surface area contributed by atoms with E-state index in [1.807, 2.05) is 0 Å². The molecule has 0 unspecified atom stereocenters. The summed E-state index contributed by atoms with van der Waals surface area (Å²) >= 11 is 7.77. The predicted molar refractivity (Wildman–Crippen MR) is 84.3 cm³/mol. The van der Waals surface area contributed by atoms with Crippen molar-refractivity contribution in [1.29, 1.82) is 0 Å². The number of benzene rings is 2. The van der Waals surface area contributed by atoms with Crippen molar-refractivity contribution in [2.75, 3.05) is 5.32 Å². The van der Waals surface area contributed by atoms with Gasteiger partial charge in [-0.2, -0.15) is 0 Å². The molecule has 0 bridgehead atoms. The lowest BCUT2D eigenvalue weighted by molar-refractivity contribution is 0.101. The van der Waals surface area contributed by atoms with Crippen molar-refractivity contribution in [3.8, 4) is 0 Å². The second-order valence-electron chi connectivity index (χ2n) is 4.14. The van der Waals surface area contributed by atoms with Crippen molar-refractivity contribution in [2.24, 2.45) is 5.73 Å². The molecule has 2 aromatic rings. The second-order valence-corrected chi connectivity index (χ2v) is 5.50. The third kappa shape index (κ3) is 3.62. The summed E-state index contributed by atoms with van der Waals surface area (Å²) in [6.07, 6.45) is 0. The molecule has 0 saturated carbocycles. The average molecular weight is 371 g/mol. The standard InChI is InChI=1S/C14H9BrF2N2OS/c15-8-5-10(16)12(11(17)6-8)14(20)19-9-3-1-2-7(4-9)13(18)21/h1-6H,(H2,18,21)(H,19,20). The van der Waals surface area contributed by atoms with Gasteiger partial charge in [0.1, 0.15) is 22.2 Å². The lowest BCUT2D eigenvalue weighted by Crippen LogP contribution is -2.17. The maximum atomic E-state index is 13.7. The molecule has 0 aliphatic carbocycles. The van der Waals surface area contributed by atoms with Gasteiger partial charge < -0.3 is 11.1 Å². The highest BCUT2D eigenvalue weighted by atomic mass is 79.9. The molecule has 108 valence electrons. The van der Waals surface area contributed by atoms with E-state index in [9.17, 15) is 13.6 Å². The fraction of sp³-hybridized carbons (Fsp3) is 0. The quantitative estimate of drug-likeness (QED) is 0.811. The Morgan fingerprint density at radius 3 is 2.38 bits per heavy atom. The van der Waals surface area contributed by atoms with Crippen LogP contribution in [0.25, 0.3) is 0 Å². The third-order valence-corrected chi connectivity index (χ3v) is 3.33. The van der Waals surface area contributed by atoms with Crippen LogP contribution in [0.2, 0.25) is 0 Å². The molecule has 0 fully saturated rings. The van der Waals surface area contributed by atoms with Gasteiger partial charge in [0.05, 0.1) is 0 Å². The number of carbonyl (C=O) groups excluding carboxylic acids is 1. The normalized spacial score (nSPS) is 10.2. The highest BCUT2D eigenvalue weighted by Crippen LogP contribution is 2.21. The Bertz CT molecular complexity index is 714. The first-order valence-corrected chi connectivity index (χ1v) is 6.94. The van der Waals surface area contributed by atoms with Gasteiger partial charge in [0, 0.05) is 15.7 Å². The van der Waals surface area contributed by atoms with E-state index in [2.05, 4.69) is 21.2 Å². The van der Waals surface area contributed by atoms with E-state index in [-0.39, 0.29) is 9.46 Å². The smallest absolute Gasteiger partial charge is 0.261 e.